The van der Waals surface area contributed by atoms with Crippen LogP contribution in [0.25, 0.3) is 6.08 Å². The lowest BCUT2D eigenvalue weighted by atomic mass is 10.2. The smallest absolute Gasteiger partial charge is 0.272 e. The van der Waals surface area contributed by atoms with Crippen molar-refractivity contribution in [3.63, 3.8) is 0 Å². The molecule has 4 rings (SSSR count). The first-order valence-electron chi connectivity index (χ1n) is 11.9. The van der Waals surface area contributed by atoms with Crippen molar-refractivity contribution in [2.45, 2.75) is 29.1 Å². The number of carbonyl (C=O) groups is 3. The molecule has 3 N–H and O–H groups in total. The highest BCUT2D eigenvalue weighted by Gasteiger charge is 2.18. The van der Waals surface area contributed by atoms with Crippen molar-refractivity contribution in [1.29, 1.82) is 0 Å². The van der Waals surface area contributed by atoms with Crippen LogP contribution in [0.3, 0.4) is 0 Å². The lowest BCUT2D eigenvalue weighted by molar-refractivity contribution is -0.115. The fourth-order valence-electron chi connectivity index (χ4n) is 3.22. The molecule has 0 fully saturated rings. The molecule has 0 spiro atoms. The minimum absolute atomic E-state index is 0.0160. The number of rotatable bonds is 11. The number of hydrogen-bond donors (Lipinski definition) is 3. The second-order valence-corrected chi connectivity index (χ2v) is 11.3. The van der Waals surface area contributed by atoms with Crippen molar-refractivity contribution in [3.05, 3.63) is 90.0 Å². The van der Waals surface area contributed by atoms with Gasteiger partial charge in [-0.15, -0.1) is 11.8 Å². The molecule has 0 aliphatic rings. The highest BCUT2D eigenvalue weighted by atomic mass is 32.2. The van der Waals surface area contributed by atoms with Gasteiger partial charge in [-0.2, -0.15) is 9.36 Å². The maximum atomic E-state index is 13.2. The summed E-state index contributed by atoms with van der Waals surface area (Å²) in [5.74, 6) is 0.103. The van der Waals surface area contributed by atoms with Gasteiger partial charge in [0.1, 0.15) is 11.5 Å². The van der Waals surface area contributed by atoms with Gasteiger partial charge >= 0.3 is 0 Å². The van der Waals surface area contributed by atoms with Crippen LogP contribution in [0, 0.1) is 0 Å². The first-order valence-corrected chi connectivity index (χ1v) is 14.5. The van der Waals surface area contributed by atoms with Crippen LogP contribution >= 0.6 is 35.1 Å². The summed E-state index contributed by atoms with van der Waals surface area (Å²) in [4.78, 5) is 43.7. The second kappa shape index (κ2) is 13.8. The molecule has 12 heteroatoms. The van der Waals surface area contributed by atoms with E-state index in [0.29, 0.717) is 27.3 Å². The number of aromatic nitrogens is 2. The van der Waals surface area contributed by atoms with Crippen molar-refractivity contribution < 1.29 is 18.8 Å². The molecular weight excluding hydrogens is 555 g/mol. The Hall–Kier alpha value is -3.87. The standard InChI is InChI=1S/C27H25N5O4S3/c1-3-37-27-31-26(39-32-27)30-23(33)17(2)38-21-13-7-11-19(15-21)28-25(35)22(16-20-12-8-14-36-20)29-24(34)18-9-5-4-6-10-18/h4-17H,3H2,1-2H3,(H,28,35)(H,29,34)(H,30,31,32,33)/b22-16-. The largest absolute Gasteiger partial charge is 0.465 e. The lowest BCUT2D eigenvalue weighted by Crippen LogP contribution is -2.30. The van der Waals surface area contributed by atoms with Gasteiger partial charge < -0.3 is 15.1 Å². The third-order valence-electron chi connectivity index (χ3n) is 5.04. The highest BCUT2D eigenvalue weighted by Crippen LogP contribution is 2.27. The summed E-state index contributed by atoms with van der Waals surface area (Å²) in [6.45, 7) is 3.80. The van der Waals surface area contributed by atoms with Crippen molar-refractivity contribution in [1.82, 2.24) is 14.7 Å². The number of nitrogens with zero attached hydrogens (tertiary/aromatic N) is 2. The number of amides is 3. The molecule has 0 aliphatic carbocycles. The van der Waals surface area contributed by atoms with Gasteiger partial charge in [0.05, 0.1) is 11.5 Å². The molecule has 0 aliphatic heterocycles. The average Bonchev–Trinajstić information content (AvgIpc) is 3.61. The van der Waals surface area contributed by atoms with Gasteiger partial charge in [-0.25, -0.2) is 0 Å². The van der Waals surface area contributed by atoms with Crippen molar-refractivity contribution in [3.8, 4) is 0 Å². The zero-order valence-electron chi connectivity index (χ0n) is 21.0. The molecule has 3 amide bonds. The Balaban J connectivity index is 1.42. The van der Waals surface area contributed by atoms with Gasteiger partial charge in [0, 0.05) is 33.8 Å². The molecule has 200 valence electrons. The van der Waals surface area contributed by atoms with Crippen molar-refractivity contribution in [2.75, 3.05) is 16.4 Å². The minimum Gasteiger partial charge on any atom is -0.465 e. The first kappa shape index (κ1) is 28.1. The minimum atomic E-state index is -0.527. The van der Waals surface area contributed by atoms with Crippen molar-refractivity contribution >= 4 is 69.7 Å². The molecule has 0 saturated carbocycles. The normalized spacial score (nSPS) is 12.0. The van der Waals surface area contributed by atoms with Gasteiger partial charge in [-0.3, -0.25) is 19.7 Å². The van der Waals surface area contributed by atoms with Gasteiger partial charge in [0.15, 0.2) is 0 Å². The molecule has 2 aromatic carbocycles. The number of anilines is 2. The van der Waals surface area contributed by atoms with E-state index >= 15 is 0 Å². The summed E-state index contributed by atoms with van der Waals surface area (Å²) in [5.41, 5.74) is 0.930. The Kier molecular flexibility index (Phi) is 9.95. The van der Waals surface area contributed by atoms with E-state index in [0.717, 1.165) is 22.2 Å². The van der Waals surface area contributed by atoms with Gasteiger partial charge in [-0.1, -0.05) is 43.0 Å². The average molecular weight is 580 g/mol. The van der Waals surface area contributed by atoms with E-state index in [1.165, 1.54) is 35.9 Å². The maximum absolute atomic E-state index is 13.2. The van der Waals surface area contributed by atoms with Crippen LogP contribution in [0.4, 0.5) is 10.8 Å². The Bertz CT molecular complexity index is 1460. The Morgan fingerprint density at radius 1 is 1.05 bits per heavy atom. The summed E-state index contributed by atoms with van der Waals surface area (Å²) >= 11 is 3.99. The highest BCUT2D eigenvalue weighted by molar-refractivity contribution is 8.00. The van der Waals surface area contributed by atoms with Crippen LogP contribution in [0.15, 0.2) is 93.2 Å². The van der Waals surface area contributed by atoms with Crippen LogP contribution < -0.4 is 16.0 Å². The zero-order chi connectivity index (χ0) is 27.6. The van der Waals surface area contributed by atoms with Crippen LogP contribution in [-0.2, 0) is 9.59 Å². The fourth-order valence-corrected chi connectivity index (χ4v) is 5.42. The third-order valence-corrected chi connectivity index (χ3v) is 7.61. The molecule has 4 aromatic rings. The maximum Gasteiger partial charge on any atom is 0.272 e. The summed E-state index contributed by atoms with van der Waals surface area (Å²) in [6.07, 6.45) is 2.94. The SMILES string of the molecule is CCSc1nsc(NC(=O)C(C)Sc2cccc(NC(=O)/C(=C/c3ccco3)NC(=O)c3ccccc3)c2)n1. The molecule has 0 saturated heterocycles. The Labute approximate surface area is 238 Å². The fraction of sp³-hybridized carbons (Fsp3) is 0.148. The number of hydrogen-bond acceptors (Lipinski definition) is 9. The number of carbonyl (C=O) groups excluding carboxylic acids is 3. The third kappa shape index (κ3) is 8.31. The summed E-state index contributed by atoms with van der Waals surface area (Å²) in [5, 5.41) is 8.95. The predicted molar refractivity (Wildman–Crippen MR) is 156 cm³/mol. The molecule has 2 heterocycles. The van der Waals surface area contributed by atoms with Gasteiger partial charge in [0.2, 0.25) is 16.2 Å². The van der Waals surface area contributed by atoms with E-state index < -0.39 is 17.1 Å². The van der Waals surface area contributed by atoms with Gasteiger partial charge in [-0.05, 0) is 55.1 Å². The molecule has 0 radical (unpaired) electrons. The van der Waals surface area contributed by atoms with Crippen LogP contribution in [0.1, 0.15) is 30.0 Å². The number of furan rings is 1. The van der Waals surface area contributed by atoms with Crippen molar-refractivity contribution in [2.24, 2.45) is 0 Å². The van der Waals surface area contributed by atoms with E-state index in [9.17, 15) is 14.4 Å². The summed E-state index contributed by atoms with van der Waals surface area (Å²) in [7, 11) is 0. The van der Waals surface area contributed by atoms with Gasteiger partial charge in [0.25, 0.3) is 11.8 Å². The molecule has 2 aromatic heterocycles. The molecule has 0 bridgehead atoms. The van der Waals surface area contributed by atoms with E-state index in [-0.39, 0.29) is 11.6 Å². The predicted octanol–water partition coefficient (Wildman–Crippen LogP) is 5.77. The zero-order valence-corrected chi connectivity index (χ0v) is 23.5. The van der Waals surface area contributed by atoms with Crippen LogP contribution in [-0.4, -0.2) is 38.1 Å². The van der Waals surface area contributed by atoms with E-state index in [4.69, 9.17) is 4.42 Å². The first-order chi connectivity index (χ1) is 18.9. The summed E-state index contributed by atoms with van der Waals surface area (Å²) < 4.78 is 9.54. The number of benzene rings is 2. The van der Waals surface area contributed by atoms with Crippen LogP contribution in [0.2, 0.25) is 0 Å². The van der Waals surface area contributed by atoms with Crippen LogP contribution in [0.5, 0.6) is 0 Å². The van der Waals surface area contributed by atoms with E-state index in [2.05, 4.69) is 25.3 Å². The molecule has 39 heavy (non-hydrogen) atoms. The molecule has 1 atom stereocenters. The monoisotopic (exact) mass is 579 g/mol. The lowest BCUT2D eigenvalue weighted by Gasteiger charge is -2.13. The van der Waals surface area contributed by atoms with E-state index in [1.807, 2.05) is 13.0 Å². The Morgan fingerprint density at radius 3 is 2.62 bits per heavy atom. The topological polar surface area (TPSA) is 126 Å². The summed E-state index contributed by atoms with van der Waals surface area (Å²) in [6, 6.07) is 19.1. The Morgan fingerprint density at radius 2 is 1.87 bits per heavy atom. The quantitative estimate of drug-likeness (QED) is 0.151. The number of nitrogens with one attached hydrogen (secondary N) is 3. The number of thioether (sulfide) groups is 2. The molecule has 1 unspecified atom stereocenters. The second-order valence-electron chi connectivity index (χ2n) is 7.94. The molecular formula is C27H25N5O4S3. The van der Waals surface area contributed by atoms with E-state index in [1.54, 1.807) is 67.6 Å². The molecule has 9 nitrogen and oxygen atoms in total.